The third-order valence-corrected chi connectivity index (χ3v) is 8.95. The Kier molecular flexibility index (Phi) is 7.72. The molecule has 0 aromatic heterocycles. The molecule has 0 radical (unpaired) electrons. The minimum Gasteiger partial charge on any atom is -0.492 e. The molecule has 1 aliphatic carbocycles. The maximum absolute atomic E-state index is 15.5. The van der Waals surface area contributed by atoms with E-state index in [-0.39, 0.29) is 29.8 Å². The lowest BCUT2D eigenvalue weighted by molar-refractivity contribution is -0.122. The fraction of sp³-hybridized carbons (Fsp3) is 0.500. The molecular formula is C30H37ClFN3O3. The average Bonchev–Trinajstić information content (AvgIpc) is 3.15. The van der Waals surface area contributed by atoms with Gasteiger partial charge in [-0.25, -0.2) is 4.39 Å². The van der Waals surface area contributed by atoms with E-state index in [4.69, 9.17) is 16.3 Å². The lowest BCUT2D eigenvalue weighted by Crippen LogP contribution is -2.47. The Bertz CT molecular complexity index is 1210. The molecule has 204 valence electrons. The molecule has 2 fully saturated rings. The molecule has 1 saturated heterocycles. The molecule has 0 bridgehead atoms. The molecule has 2 heterocycles. The highest BCUT2D eigenvalue weighted by Crippen LogP contribution is 2.46. The predicted octanol–water partition coefficient (Wildman–Crippen LogP) is 5.83. The quantitative estimate of drug-likeness (QED) is 0.418. The highest BCUT2D eigenvalue weighted by molar-refractivity contribution is 6.31. The first-order valence-corrected chi connectivity index (χ1v) is 14.0. The van der Waals surface area contributed by atoms with Gasteiger partial charge in [0.2, 0.25) is 5.91 Å². The normalized spacial score (nSPS) is 22.9. The van der Waals surface area contributed by atoms with Gasteiger partial charge in [-0.1, -0.05) is 32.0 Å². The zero-order valence-electron chi connectivity index (χ0n) is 22.2. The van der Waals surface area contributed by atoms with Crippen molar-refractivity contribution in [2.75, 3.05) is 36.5 Å². The van der Waals surface area contributed by atoms with Crippen LogP contribution in [0.4, 0.5) is 15.8 Å². The number of piperidine rings is 1. The van der Waals surface area contributed by atoms with Crippen molar-refractivity contribution in [3.05, 3.63) is 65.1 Å². The highest BCUT2D eigenvalue weighted by Gasteiger charge is 2.48. The van der Waals surface area contributed by atoms with Gasteiger partial charge >= 0.3 is 0 Å². The van der Waals surface area contributed by atoms with Gasteiger partial charge in [0.25, 0.3) is 0 Å². The molecule has 0 unspecified atom stereocenters. The van der Waals surface area contributed by atoms with E-state index < -0.39 is 5.41 Å². The van der Waals surface area contributed by atoms with E-state index in [0.717, 1.165) is 49.2 Å². The van der Waals surface area contributed by atoms with Gasteiger partial charge in [0.1, 0.15) is 12.4 Å². The van der Waals surface area contributed by atoms with Crippen LogP contribution in [0.1, 0.15) is 63.0 Å². The molecule has 38 heavy (non-hydrogen) atoms. The monoisotopic (exact) mass is 541 g/mol. The van der Waals surface area contributed by atoms with E-state index in [2.05, 4.69) is 30.6 Å². The van der Waals surface area contributed by atoms with Crippen molar-refractivity contribution in [2.45, 2.75) is 69.4 Å². The van der Waals surface area contributed by atoms with Crippen molar-refractivity contribution >= 4 is 28.9 Å². The van der Waals surface area contributed by atoms with Gasteiger partial charge in [-0.05, 0) is 92.7 Å². The summed E-state index contributed by atoms with van der Waals surface area (Å²) < 4.78 is 21.6. The van der Waals surface area contributed by atoms with Crippen LogP contribution in [-0.2, 0) is 10.2 Å². The molecule has 2 aliphatic heterocycles. The van der Waals surface area contributed by atoms with Crippen LogP contribution in [0, 0.1) is 5.82 Å². The summed E-state index contributed by atoms with van der Waals surface area (Å²) in [7, 11) is 0. The van der Waals surface area contributed by atoms with Crippen molar-refractivity contribution in [2.24, 2.45) is 0 Å². The first-order valence-electron chi connectivity index (χ1n) is 13.6. The summed E-state index contributed by atoms with van der Waals surface area (Å²) in [6, 6.07) is 9.07. The molecule has 1 saturated carbocycles. The number of ether oxygens (including phenoxy) is 1. The van der Waals surface area contributed by atoms with Gasteiger partial charge in [0, 0.05) is 29.4 Å². The number of aliphatic hydroxyl groups excluding tert-OH is 1. The molecule has 2 aromatic carbocycles. The minimum absolute atomic E-state index is 0.0545. The molecule has 2 aromatic rings. The number of rotatable bonds is 9. The number of carbonyl (C=O) groups is 1. The van der Waals surface area contributed by atoms with Gasteiger partial charge in [-0.3, -0.25) is 9.69 Å². The van der Waals surface area contributed by atoms with E-state index in [1.165, 1.54) is 6.07 Å². The number of fused-ring (bicyclic) bond motifs is 2. The lowest BCUT2D eigenvalue weighted by atomic mass is 9.73. The van der Waals surface area contributed by atoms with Crippen LogP contribution in [0.3, 0.4) is 0 Å². The summed E-state index contributed by atoms with van der Waals surface area (Å²) >= 11 is 6.24. The maximum Gasteiger partial charge on any atom is 0.235 e. The minimum atomic E-state index is -0.519. The van der Waals surface area contributed by atoms with Gasteiger partial charge in [0.05, 0.1) is 17.2 Å². The first kappa shape index (κ1) is 27.0. The summed E-state index contributed by atoms with van der Waals surface area (Å²) in [5.74, 6) is 0.390. The second kappa shape index (κ2) is 10.9. The van der Waals surface area contributed by atoms with Crippen molar-refractivity contribution < 1.29 is 19.0 Å². The predicted molar refractivity (Wildman–Crippen MR) is 150 cm³/mol. The van der Waals surface area contributed by atoms with Crippen LogP contribution in [0.15, 0.2) is 43.1 Å². The summed E-state index contributed by atoms with van der Waals surface area (Å²) in [5.41, 5.74) is 2.78. The molecule has 1 amide bonds. The van der Waals surface area contributed by atoms with Crippen LogP contribution in [0.2, 0.25) is 5.02 Å². The smallest absolute Gasteiger partial charge is 0.235 e. The Balaban J connectivity index is 1.23. The zero-order valence-corrected chi connectivity index (χ0v) is 22.9. The number of amides is 1. The number of hydrogen-bond acceptors (Lipinski definition) is 5. The van der Waals surface area contributed by atoms with E-state index in [1.807, 2.05) is 23.1 Å². The lowest BCUT2D eigenvalue weighted by Gasteiger charge is -2.41. The third-order valence-electron chi connectivity index (χ3n) is 8.71. The number of benzene rings is 2. The van der Waals surface area contributed by atoms with Crippen molar-refractivity contribution in [1.82, 2.24) is 4.90 Å². The Morgan fingerprint density at radius 3 is 2.71 bits per heavy atom. The zero-order chi connectivity index (χ0) is 27.0. The van der Waals surface area contributed by atoms with Gasteiger partial charge in [0.15, 0.2) is 5.82 Å². The molecular weight excluding hydrogens is 505 g/mol. The summed E-state index contributed by atoms with van der Waals surface area (Å²) in [4.78, 5) is 17.1. The number of nitrogens with one attached hydrogen (secondary N) is 1. The number of nitrogens with zero attached hydrogens (tertiary/aromatic N) is 2. The van der Waals surface area contributed by atoms with E-state index in [1.54, 1.807) is 12.3 Å². The molecule has 1 atom stereocenters. The summed E-state index contributed by atoms with van der Waals surface area (Å²) in [6.07, 6.45) is 4.87. The highest BCUT2D eigenvalue weighted by atomic mass is 35.5. The van der Waals surface area contributed by atoms with E-state index >= 15 is 4.39 Å². The Labute approximate surface area is 229 Å². The Morgan fingerprint density at radius 2 is 2.05 bits per heavy atom. The van der Waals surface area contributed by atoms with Crippen LogP contribution in [0.5, 0.6) is 5.75 Å². The Morgan fingerprint density at radius 1 is 1.32 bits per heavy atom. The summed E-state index contributed by atoms with van der Waals surface area (Å²) in [5, 5.41) is 13.4. The number of carbonyl (C=O) groups excluding carboxylic acids is 1. The maximum atomic E-state index is 15.5. The standard InChI is InChI=1S/C30H37ClFN3O3/c1-4-19(3)24-17-23(18-26(32)28(24)35(5-2)21-15-22(36)16-21)38-13-12-34-10-8-30(9-11-34)25-14-20(31)6-7-27(25)33-29(30)37/h5-7,14,17-19,21-22,36H,2,4,8-13,15-16H2,1,3H3,(H,33,37)/t19-,21?,22?/m1/s1. The number of halogens is 2. The molecule has 8 heteroatoms. The second-order valence-electron chi connectivity index (χ2n) is 10.9. The van der Waals surface area contributed by atoms with Gasteiger partial charge < -0.3 is 20.1 Å². The number of hydrogen-bond donors (Lipinski definition) is 2. The topological polar surface area (TPSA) is 65.0 Å². The third kappa shape index (κ3) is 4.92. The molecule has 1 spiro atoms. The molecule has 6 nitrogen and oxygen atoms in total. The van der Waals surface area contributed by atoms with Crippen molar-refractivity contribution in [3.63, 3.8) is 0 Å². The van der Waals surface area contributed by atoms with Crippen molar-refractivity contribution in [3.8, 4) is 5.75 Å². The van der Waals surface area contributed by atoms with Crippen LogP contribution < -0.4 is 15.0 Å². The summed E-state index contributed by atoms with van der Waals surface area (Å²) in [6.45, 7) is 10.8. The second-order valence-corrected chi connectivity index (χ2v) is 11.4. The van der Waals surface area contributed by atoms with Crippen LogP contribution in [-0.4, -0.2) is 54.3 Å². The fourth-order valence-electron chi connectivity index (χ4n) is 6.09. The van der Waals surface area contributed by atoms with E-state index in [0.29, 0.717) is 42.5 Å². The number of likely N-dealkylation sites (tertiary alicyclic amines) is 1. The molecule has 5 rings (SSSR count). The number of anilines is 2. The Hall–Kier alpha value is -2.61. The first-order chi connectivity index (χ1) is 18.3. The fourth-order valence-corrected chi connectivity index (χ4v) is 6.26. The molecule has 2 N–H and O–H groups in total. The average molecular weight is 542 g/mol. The SMILES string of the molecule is C=CN(c1c(F)cc(OCCN2CCC3(CC2)C(=O)Nc2ccc(Cl)cc23)cc1[C@H](C)CC)C1CC(O)C1. The van der Waals surface area contributed by atoms with Crippen LogP contribution in [0.25, 0.3) is 0 Å². The number of aliphatic hydroxyl groups is 1. The van der Waals surface area contributed by atoms with E-state index in [9.17, 15) is 9.90 Å². The largest absolute Gasteiger partial charge is 0.492 e. The van der Waals surface area contributed by atoms with Crippen LogP contribution >= 0.6 is 11.6 Å². The van der Waals surface area contributed by atoms with Gasteiger partial charge in [-0.2, -0.15) is 0 Å². The van der Waals surface area contributed by atoms with Crippen molar-refractivity contribution in [1.29, 1.82) is 0 Å². The molecule has 3 aliphatic rings. The van der Waals surface area contributed by atoms with Gasteiger partial charge in [-0.15, -0.1) is 0 Å².